The summed E-state index contributed by atoms with van der Waals surface area (Å²) in [5.41, 5.74) is 3.67. The highest BCUT2D eigenvalue weighted by Crippen LogP contribution is 2.23. The smallest absolute Gasteiger partial charge is 0.193 e. The number of nitrogens with zero attached hydrogens (tertiary/aromatic N) is 2. The summed E-state index contributed by atoms with van der Waals surface area (Å²) in [4.78, 5) is 16.5. The van der Waals surface area contributed by atoms with Crippen molar-refractivity contribution in [1.82, 2.24) is 9.55 Å². The Bertz CT molecular complexity index is 859. The summed E-state index contributed by atoms with van der Waals surface area (Å²) in [6.45, 7) is 4.03. The maximum Gasteiger partial charge on any atom is 0.193 e. The number of aromatic nitrogens is 2. The van der Waals surface area contributed by atoms with Gasteiger partial charge >= 0.3 is 0 Å². The molecule has 3 rings (SSSR count). The Morgan fingerprint density at radius 2 is 2.00 bits per heavy atom. The predicted molar refractivity (Wildman–Crippen MR) is 92.4 cm³/mol. The zero-order valence-corrected chi connectivity index (χ0v) is 13.7. The SMILES string of the molecule is Cc1cc(/C=C/C(=O)c2ccc(O)cc2)c(C)n1-c1nccs1. The van der Waals surface area contributed by atoms with Gasteiger partial charge in [0.25, 0.3) is 0 Å². The van der Waals surface area contributed by atoms with Crippen LogP contribution in [0.1, 0.15) is 27.3 Å². The van der Waals surface area contributed by atoms with Crippen molar-refractivity contribution >= 4 is 23.2 Å². The van der Waals surface area contributed by atoms with E-state index in [0.717, 1.165) is 22.1 Å². The summed E-state index contributed by atoms with van der Waals surface area (Å²) < 4.78 is 2.08. The predicted octanol–water partition coefficient (Wildman–Crippen LogP) is 4.15. The third-order valence-corrected chi connectivity index (χ3v) is 4.40. The second-order valence-electron chi connectivity index (χ2n) is 5.22. The van der Waals surface area contributed by atoms with Gasteiger partial charge in [0.2, 0.25) is 0 Å². The molecule has 1 N–H and O–H groups in total. The van der Waals surface area contributed by atoms with Crippen LogP contribution in [-0.4, -0.2) is 20.4 Å². The Kier molecular flexibility index (Phi) is 4.12. The number of carbonyl (C=O) groups is 1. The Labute approximate surface area is 138 Å². The molecule has 2 heterocycles. The van der Waals surface area contributed by atoms with Gasteiger partial charge in [0.15, 0.2) is 10.9 Å². The van der Waals surface area contributed by atoms with Gasteiger partial charge < -0.3 is 5.11 Å². The second-order valence-corrected chi connectivity index (χ2v) is 6.09. The van der Waals surface area contributed by atoms with Crippen LogP contribution in [0.3, 0.4) is 0 Å². The van der Waals surface area contributed by atoms with Crippen molar-refractivity contribution < 1.29 is 9.90 Å². The molecule has 4 nitrogen and oxygen atoms in total. The molecule has 2 aromatic heterocycles. The summed E-state index contributed by atoms with van der Waals surface area (Å²) in [7, 11) is 0. The molecular weight excluding hydrogens is 308 g/mol. The van der Waals surface area contributed by atoms with Gasteiger partial charge in [-0.1, -0.05) is 0 Å². The molecule has 0 saturated heterocycles. The number of phenols is 1. The molecule has 0 saturated carbocycles. The number of carbonyl (C=O) groups excluding carboxylic acids is 1. The lowest BCUT2D eigenvalue weighted by atomic mass is 10.1. The molecule has 0 radical (unpaired) electrons. The van der Waals surface area contributed by atoms with Crippen LogP contribution in [0.15, 0.2) is 48.0 Å². The average molecular weight is 324 g/mol. The van der Waals surface area contributed by atoms with Crippen LogP contribution in [0.2, 0.25) is 0 Å². The van der Waals surface area contributed by atoms with Crippen LogP contribution in [0.25, 0.3) is 11.2 Å². The minimum absolute atomic E-state index is 0.0935. The lowest BCUT2D eigenvalue weighted by molar-refractivity contribution is 0.104. The van der Waals surface area contributed by atoms with Crippen LogP contribution in [0.5, 0.6) is 5.75 Å². The first-order valence-electron chi connectivity index (χ1n) is 7.16. The van der Waals surface area contributed by atoms with Gasteiger partial charge in [-0.05, 0) is 61.9 Å². The summed E-state index contributed by atoms with van der Waals surface area (Å²) in [5, 5.41) is 12.1. The molecule has 0 fully saturated rings. The van der Waals surface area contributed by atoms with Crippen molar-refractivity contribution in [2.45, 2.75) is 13.8 Å². The van der Waals surface area contributed by atoms with Gasteiger partial charge in [0.05, 0.1) is 0 Å². The molecule has 0 amide bonds. The normalized spacial score (nSPS) is 11.2. The average Bonchev–Trinajstić information content (AvgIpc) is 3.14. The number of rotatable bonds is 4. The van der Waals surface area contributed by atoms with Crippen LogP contribution < -0.4 is 0 Å². The Morgan fingerprint density at radius 3 is 2.65 bits per heavy atom. The molecule has 0 aliphatic heterocycles. The molecule has 0 atom stereocenters. The number of benzene rings is 1. The van der Waals surface area contributed by atoms with Gasteiger partial charge in [-0.15, -0.1) is 11.3 Å². The van der Waals surface area contributed by atoms with Gasteiger partial charge in [-0.25, -0.2) is 4.98 Å². The van der Waals surface area contributed by atoms with Crippen LogP contribution in [0.4, 0.5) is 0 Å². The summed E-state index contributed by atoms with van der Waals surface area (Å²) in [6, 6.07) is 8.28. The third-order valence-electron chi connectivity index (χ3n) is 3.65. The second kappa shape index (κ2) is 6.22. The zero-order chi connectivity index (χ0) is 16.4. The van der Waals surface area contributed by atoms with E-state index >= 15 is 0 Å². The fourth-order valence-corrected chi connectivity index (χ4v) is 3.22. The van der Waals surface area contributed by atoms with Crippen molar-refractivity contribution in [1.29, 1.82) is 0 Å². The molecule has 23 heavy (non-hydrogen) atoms. The van der Waals surface area contributed by atoms with Gasteiger partial charge in [0, 0.05) is 28.5 Å². The Hall–Kier alpha value is -2.66. The van der Waals surface area contributed by atoms with E-state index in [0.29, 0.717) is 5.56 Å². The third kappa shape index (κ3) is 3.10. The minimum Gasteiger partial charge on any atom is -0.508 e. The molecule has 1 aromatic carbocycles. The van der Waals surface area contributed by atoms with E-state index in [1.54, 1.807) is 35.7 Å². The molecular formula is C18H16N2O2S. The van der Waals surface area contributed by atoms with Crippen LogP contribution in [0, 0.1) is 13.8 Å². The number of hydrogen-bond acceptors (Lipinski definition) is 4. The number of aromatic hydroxyl groups is 1. The van der Waals surface area contributed by atoms with Crippen molar-refractivity contribution in [2.75, 3.05) is 0 Å². The number of allylic oxidation sites excluding steroid dienone is 1. The van der Waals surface area contributed by atoms with E-state index in [1.165, 1.54) is 12.1 Å². The standard InChI is InChI=1S/C18H16N2O2S/c1-12-11-15(13(2)20(12)18-19-9-10-23-18)5-8-17(22)14-3-6-16(21)7-4-14/h3-11,21H,1-2H3/b8-5+. The zero-order valence-electron chi connectivity index (χ0n) is 12.9. The first-order chi connectivity index (χ1) is 11.1. The highest BCUT2D eigenvalue weighted by Gasteiger charge is 2.11. The Balaban J connectivity index is 1.87. The van der Waals surface area contributed by atoms with E-state index in [-0.39, 0.29) is 11.5 Å². The molecule has 0 spiro atoms. The van der Waals surface area contributed by atoms with E-state index < -0.39 is 0 Å². The largest absolute Gasteiger partial charge is 0.508 e. The van der Waals surface area contributed by atoms with Crippen LogP contribution >= 0.6 is 11.3 Å². The maximum atomic E-state index is 12.2. The Morgan fingerprint density at radius 1 is 1.26 bits per heavy atom. The van der Waals surface area contributed by atoms with Crippen molar-refractivity contribution in [3.05, 3.63) is 70.5 Å². The number of aryl methyl sites for hydroxylation is 1. The monoisotopic (exact) mass is 324 g/mol. The highest BCUT2D eigenvalue weighted by atomic mass is 32.1. The molecule has 0 bridgehead atoms. The number of phenolic OH excluding ortho intramolecular Hbond substituents is 1. The first-order valence-corrected chi connectivity index (χ1v) is 8.04. The number of thiazole rings is 1. The maximum absolute atomic E-state index is 12.2. The van der Waals surface area contributed by atoms with E-state index in [2.05, 4.69) is 9.55 Å². The molecule has 0 aliphatic carbocycles. The van der Waals surface area contributed by atoms with E-state index in [9.17, 15) is 9.90 Å². The molecule has 116 valence electrons. The van der Waals surface area contributed by atoms with E-state index in [4.69, 9.17) is 0 Å². The lowest BCUT2D eigenvalue weighted by Gasteiger charge is -2.04. The van der Waals surface area contributed by atoms with Crippen molar-refractivity contribution in [3.63, 3.8) is 0 Å². The molecule has 5 heteroatoms. The molecule has 0 aliphatic rings. The van der Waals surface area contributed by atoms with Gasteiger partial charge in [0.1, 0.15) is 5.75 Å². The summed E-state index contributed by atoms with van der Waals surface area (Å²) in [5.74, 6) is 0.0570. The fourth-order valence-electron chi connectivity index (χ4n) is 2.46. The number of hydrogen-bond donors (Lipinski definition) is 1. The summed E-state index contributed by atoms with van der Waals surface area (Å²) in [6.07, 6.45) is 5.16. The first kappa shape index (κ1) is 15.2. The van der Waals surface area contributed by atoms with Crippen molar-refractivity contribution in [2.24, 2.45) is 0 Å². The van der Waals surface area contributed by atoms with Gasteiger partial charge in [-0.3, -0.25) is 9.36 Å². The van der Waals surface area contributed by atoms with Crippen molar-refractivity contribution in [3.8, 4) is 10.9 Å². The fraction of sp³-hybridized carbons (Fsp3) is 0.111. The topological polar surface area (TPSA) is 55.1 Å². The lowest BCUT2D eigenvalue weighted by Crippen LogP contribution is -1.98. The van der Waals surface area contributed by atoms with E-state index in [1.807, 2.05) is 31.4 Å². The molecule has 0 unspecified atom stereocenters. The minimum atomic E-state index is -0.0935. The quantitative estimate of drug-likeness (QED) is 0.579. The molecule has 3 aromatic rings. The highest BCUT2D eigenvalue weighted by molar-refractivity contribution is 7.12. The van der Waals surface area contributed by atoms with Crippen LogP contribution in [-0.2, 0) is 0 Å². The summed E-state index contributed by atoms with van der Waals surface area (Å²) >= 11 is 1.58. The van der Waals surface area contributed by atoms with Gasteiger partial charge in [-0.2, -0.15) is 0 Å². The number of ketones is 1.